The second-order valence-corrected chi connectivity index (χ2v) is 3.04. The second kappa shape index (κ2) is 3.53. The molecule has 0 unspecified atom stereocenters. The Kier molecular flexibility index (Phi) is 2.22. The summed E-state index contributed by atoms with van der Waals surface area (Å²) in [6, 6.07) is 3.55. The monoisotopic (exact) mass is 193 g/mol. The van der Waals surface area contributed by atoms with Crippen molar-refractivity contribution in [2.45, 2.75) is 6.04 Å². The van der Waals surface area contributed by atoms with Gasteiger partial charge in [0.1, 0.15) is 0 Å². The maximum absolute atomic E-state index is 10.9. The highest BCUT2D eigenvalue weighted by atomic mass is 16.5. The number of nitrogens with one attached hydrogen (secondary N) is 2. The maximum Gasteiger partial charge on any atom is 0.315 e. The maximum atomic E-state index is 10.9. The van der Waals surface area contributed by atoms with Gasteiger partial charge in [0.05, 0.1) is 13.2 Å². The molecule has 2 rings (SSSR count). The molecule has 1 atom stereocenters. The first kappa shape index (κ1) is 8.80. The van der Waals surface area contributed by atoms with E-state index in [1.54, 1.807) is 19.4 Å². The Morgan fingerprint density at radius 2 is 2.43 bits per heavy atom. The fraction of sp³-hybridized carbons (Fsp3) is 0.333. The summed E-state index contributed by atoms with van der Waals surface area (Å²) in [5, 5.41) is 5.46. The van der Waals surface area contributed by atoms with Gasteiger partial charge in [0.25, 0.3) is 0 Å². The molecule has 1 fully saturated rings. The van der Waals surface area contributed by atoms with Gasteiger partial charge in [-0.2, -0.15) is 0 Å². The van der Waals surface area contributed by atoms with Crippen molar-refractivity contribution in [3.63, 3.8) is 0 Å². The van der Waals surface area contributed by atoms with E-state index in [9.17, 15) is 4.79 Å². The second-order valence-electron chi connectivity index (χ2n) is 3.04. The summed E-state index contributed by atoms with van der Waals surface area (Å²) in [7, 11) is 1.57. The van der Waals surface area contributed by atoms with E-state index in [1.165, 1.54) is 0 Å². The molecule has 2 heterocycles. The van der Waals surface area contributed by atoms with Crippen molar-refractivity contribution in [3.8, 4) is 5.88 Å². The highest BCUT2D eigenvalue weighted by Gasteiger charge is 2.21. The smallest absolute Gasteiger partial charge is 0.315 e. The highest BCUT2D eigenvalue weighted by molar-refractivity contribution is 5.76. The van der Waals surface area contributed by atoms with E-state index in [0.29, 0.717) is 12.4 Å². The molecule has 0 bridgehead atoms. The molecule has 0 aliphatic carbocycles. The number of carbonyl (C=O) groups excluding carboxylic acids is 1. The fourth-order valence-electron chi connectivity index (χ4n) is 1.37. The Bertz CT molecular complexity index is 336. The predicted molar refractivity (Wildman–Crippen MR) is 50.1 cm³/mol. The zero-order valence-electron chi connectivity index (χ0n) is 7.78. The van der Waals surface area contributed by atoms with E-state index in [-0.39, 0.29) is 12.1 Å². The van der Waals surface area contributed by atoms with Gasteiger partial charge in [-0.3, -0.25) is 0 Å². The lowest BCUT2D eigenvalue weighted by Crippen LogP contribution is -2.21. The number of rotatable bonds is 2. The average Bonchev–Trinajstić information content (AvgIpc) is 2.65. The molecule has 74 valence electrons. The van der Waals surface area contributed by atoms with Gasteiger partial charge in [0.15, 0.2) is 0 Å². The zero-order chi connectivity index (χ0) is 9.97. The predicted octanol–water partition coefficient (Wildman–Crippen LogP) is 0.444. The first-order chi connectivity index (χ1) is 6.79. The van der Waals surface area contributed by atoms with Gasteiger partial charge in [-0.05, 0) is 11.6 Å². The number of nitrogens with zero attached hydrogens (tertiary/aromatic N) is 1. The summed E-state index contributed by atoms with van der Waals surface area (Å²) < 4.78 is 4.94. The van der Waals surface area contributed by atoms with Crippen molar-refractivity contribution in [1.29, 1.82) is 0 Å². The van der Waals surface area contributed by atoms with E-state index in [0.717, 1.165) is 5.56 Å². The van der Waals surface area contributed by atoms with Gasteiger partial charge in [-0.15, -0.1) is 0 Å². The van der Waals surface area contributed by atoms with Crippen LogP contribution in [0.5, 0.6) is 5.88 Å². The topological polar surface area (TPSA) is 63.2 Å². The average molecular weight is 193 g/mol. The fourth-order valence-corrected chi connectivity index (χ4v) is 1.37. The van der Waals surface area contributed by atoms with Crippen LogP contribution >= 0.6 is 0 Å². The van der Waals surface area contributed by atoms with Crippen LogP contribution in [0.1, 0.15) is 11.6 Å². The van der Waals surface area contributed by atoms with Crippen molar-refractivity contribution >= 4 is 6.03 Å². The zero-order valence-corrected chi connectivity index (χ0v) is 7.78. The highest BCUT2D eigenvalue weighted by Crippen LogP contribution is 2.16. The third-order valence-electron chi connectivity index (χ3n) is 2.14. The molecule has 2 amide bonds. The summed E-state index contributed by atoms with van der Waals surface area (Å²) in [5.74, 6) is 0.575. The number of methoxy groups -OCH3 is 1. The van der Waals surface area contributed by atoms with Gasteiger partial charge >= 0.3 is 6.03 Å². The number of pyridine rings is 1. The van der Waals surface area contributed by atoms with Gasteiger partial charge in [-0.25, -0.2) is 9.78 Å². The van der Waals surface area contributed by atoms with Crippen LogP contribution in [0.4, 0.5) is 4.79 Å². The third-order valence-corrected chi connectivity index (χ3v) is 2.14. The van der Waals surface area contributed by atoms with Crippen LogP contribution in [0.25, 0.3) is 0 Å². The van der Waals surface area contributed by atoms with Crippen LogP contribution in [-0.4, -0.2) is 24.7 Å². The molecule has 0 radical (unpaired) electrons. The van der Waals surface area contributed by atoms with Gasteiger partial charge in [0, 0.05) is 18.8 Å². The number of urea groups is 1. The lowest BCUT2D eigenvalue weighted by atomic mass is 10.1. The summed E-state index contributed by atoms with van der Waals surface area (Å²) in [5.41, 5.74) is 0.976. The number of hydrogen-bond acceptors (Lipinski definition) is 3. The number of amides is 2. The van der Waals surface area contributed by atoms with Gasteiger partial charge in [-0.1, -0.05) is 0 Å². The van der Waals surface area contributed by atoms with E-state index in [2.05, 4.69) is 15.6 Å². The largest absolute Gasteiger partial charge is 0.481 e. The molecule has 0 aromatic carbocycles. The van der Waals surface area contributed by atoms with Crippen molar-refractivity contribution in [2.75, 3.05) is 13.7 Å². The molecule has 1 saturated heterocycles. The Hall–Kier alpha value is -1.78. The van der Waals surface area contributed by atoms with Gasteiger partial charge in [0.2, 0.25) is 5.88 Å². The van der Waals surface area contributed by atoms with E-state index >= 15 is 0 Å². The summed E-state index contributed by atoms with van der Waals surface area (Å²) in [6.07, 6.45) is 1.71. The molecule has 0 saturated carbocycles. The Labute approximate surface area is 81.5 Å². The Morgan fingerprint density at radius 1 is 1.57 bits per heavy atom. The SMILES string of the molecule is COc1ccc([C@@H]2CNC(=O)N2)cn1. The quantitative estimate of drug-likeness (QED) is 0.716. The summed E-state index contributed by atoms with van der Waals surface area (Å²) in [6.45, 7) is 0.604. The standard InChI is InChI=1S/C9H11N3O2/c1-14-8-3-2-6(4-10-8)7-5-11-9(13)12-7/h2-4,7H,5H2,1H3,(H2,11,12,13)/t7-/m0/s1. The normalized spacial score (nSPS) is 20.1. The Morgan fingerprint density at radius 3 is 2.93 bits per heavy atom. The molecular weight excluding hydrogens is 182 g/mol. The van der Waals surface area contributed by atoms with Crippen LogP contribution in [0.3, 0.4) is 0 Å². The van der Waals surface area contributed by atoms with Crippen LogP contribution in [0.2, 0.25) is 0 Å². The number of hydrogen-bond donors (Lipinski definition) is 2. The Balaban J connectivity index is 2.13. The van der Waals surface area contributed by atoms with Crippen LogP contribution < -0.4 is 15.4 Å². The lowest BCUT2D eigenvalue weighted by molar-refractivity contribution is 0.247. The van der Waals surface area contributed by atoms with Crippen molar-refractivity contribution in [2.24, 2.45) is 0 Å². The van der Waals surface area contributed by atoms with E-state index < -0.39 is 0 Å². The number of ether oxygens (including phenoxy) is 1. The van der Waals surface area contributed by atoms with E-state index in [4.69, 9.17) is 4.74 Å². The lowest BCUT2D eigenvalue weighted by Gasteiger charge is -2.08. The van der Waals surface area contributed by atoms with Crippen molar-refractivity contribution in [1.82, 2.24) is 15.6 Å². The molecule has 1 aliphatic rings. The summed E-state index contributed by atoms with van der Waals surface area (Å²) >= 11 is 0. The van der Waals surface area contributed by atoms with Crippen LogP contribution in [0.15, 0.2) is 18.3 Å². The first-order valence-electron chi connectivity index (χ1n) is 4.34. The number of carbonyl (C=O) groups is 1. The minimum atomic E-state index is -0.134. The molecule has 1 aromatic rings. The first-order valence-corrected chi connectivity index (χ1v) is 4.34. The summed E-state index contributed by atoms with van der Waals surface area (Å²) in [4.78, 5) is 14.9. The van der Waals surface area contributed by atoms with Crippen molar-refractivity contribution < 1.29 is 9.53 Å². The van der Waals surface area contributed by atoms with Gasteiger partial charge < -0.3 is 15.4 Å². The molecule has 1 aliphatic heterocycles. The molecule has 5 heteroatoms. The molecule has 5 nitrogen and oxygen atoms in total. The van der Waals surface area contributed by atoms with Crippen LogP contribution in [0, 0.1) is 0 Å². The number of aromatic nitrogens is 1. The minimum Gasteiger partial charge on any atom is -0.481 e. The minimum absolute atomic E-state index is 0.0147. The molecule has 0 spiro atoms. The molecule has 14 heavy (non-hydrogen) atoms. The molecular formula is C9H11N3O2. The molecule has 1 aromatic heterocycles. The van der Waals surface area contributed by atoms with Crippen molar-refractivity contribution in [3.05, 3.63) is 23.9 Å². The van der Waals surface area contributed by atoms with Crippen LogP contribution in [-0.2, 0) is 0 Å². The third kappa shape index (κ3) is 1.61. The molecule has 2 N–H and O–H groups in total. The van der Waals surface area contributed by atoms with E-state index in [1.807, 2.05) is 6.07 Å².